The van der Waals surface area contributed by atoms with Crippen molar-refractivity contribution in [1.82, 2.24) is 19.8 Å². The molecule has 1 saturated heterocycles. The van der Waals surface area contributed by atoms with Gasteiger partial charge in [-0.05, 0) is 30.9 Å². The summed E-state index contributed by atoms with van der Waals surface area (Å²) >= 11 is 0. The van der Waals surface area contributed by atoms with Crippen molar-refractivity contribution in [2.24, 2.45) is 5.92 Å². The van der Waals surface area contributed by atoms with Gasteiger partial charge in [-0.1, -0.05) is 30.3 Å². The minimum Gasteiger partial charge on any atom is -0.467 e. The summed E-state index contributed by atoms with van der Waals surface area (Å²) in [5, 5.41) is 23.2. The lowest BCUT2D eigenvalue weighted by molar-refractivity contribution is -0.153. The molecule has 1 atom stereocenters. The van der Waals surface area contributed by atoms with Crippen LogP contribution in [0.5, 0.6) is 0 Å². The molecule has 0 spiro atoms. The molecule has 1 fully saturated rings. The molecular formula is C19H21N5O3. The second-order valence-corrected chi connectivity index (χ2v) is 6.64. The molecule has 3 aromatic rings. The molecule has 4 rings (SSSR count). The van der Waals surface area contributed by atoms with Gasteiger partial charge in [-0.15, -0.1) is 15.3 Å². The summed E-state index contributed by atoms with van der Waals surface area (Å²) in [6.45, 7) is 1.42. The van der Waals surface area contributed by atoms with Crippen molar-refractivity contribution in [3.8, 4) is 11.4 Å². The number of carbonyl (C=O) groups excluding carboxylic acids is 1. The smallest absolute Gasteiger partial charge is 0.334 e. The zero-order chi connectivity index (χ0) is 18.8. The number of fused-ring (bicyclic) bond motifs is 1. The fraction of sp³-hybridized carbons (Fsp3) is 0.368. The van der Waals surface area contributed by atoms with Crippen molar-refractivity contribution in [2.45, 2.75) is 18.9 Å². The van der Waals surface area contributed by atoms with Crippen LogP contribution in [0.1, 0.15) is 12.8 Å². The minimum atomic E-state index is -1.06. The molecule has 0 amide bonds. The first kappa shape index (κ1) is 17.4. The Hall–Kier alpha value is -3.00. The number of benzene rings is 1. The number of rotatable bonds is 4. The molecule has 8 nitrogen and oxygen atoms in total. The molecule has 1 aliphatic rings. The first-order valence-corrected chi connectivity index (χ1v) is 8.96. The number of esters is 1. The Morgan fingerprint density at radius 2 is 1.89 bits per heavy atom. The van der Waals surface area contributed by atoms with Crippen LogP contribution < -0.4 is 4.90 Å². The van der Waals surface area contributed by atoms with Gasteiger partial charge in [-0.2, -0.15) is 4.52 Å². The topological polar surface area (TPSA) is 92.9 Å². The number of aromatic nitrogens is 4. The number of anilines is 1. The Morgan fingerprint density at radius 3 is 2.59 bits per heavy atom. The summed E-state index contributed by atoms with van der Waals surface area (Å²) in [5.41, 5.74) is 1.64. The second kappa shape index (κ2) is 7.32. The van der Waals surface area contributed by atoms with Crippen molar-refractivity contribution >= 4 is 17.4 Å². The van der Waals surface area contributed by atoms with Crippen LogP contribution >= 0.6 is 0 Å². The minimum absolute atomic E-state index is 0.0905. The monoisotopic (exact) mass is 367 g/mol. The van der Waals surface area contributed by atoms with E-state index in [-0.39, 0.29) is 5.92 Å². The van der Waals surface area contributed by atoms with Crippen molar-refractivity contribution in [3.63, 3.8) is 0 Å². The Kier molecular flexibility index (Phi) is 4.72. The number of nitrogens with zero attached hydrogens (tertiary/aromatic N) is 5. The SMILES string of the molecule is COC(=O)C(O)C1CCN(c2ccc3nnc(-c4ccccc4)n3n2)CC1. The number of aliphatic hydroxyl groups is 1. The van der Waals surface area contributed by atoms with Crippen molar-refractivity contribution < 1.29 is 14.6 Å². The molecule has 8 heteroatoms. The number of aliphatic hydroxyl groups excluding tert-OH is 1. The number of ether oxygens (including phenoxy) is 1. The van der Waals surface area contributed by atoms with E-state index < -0.39 is 12.1 Å². The molecule has 0 radical (unpaired) electrons. The molecule has 0 aliphatic carbocycles. The highest BCUT2D eigenvalue weighted by Crippen LogP contribution is 2.26. The van der Waals surface area contributed by atoms with Gasteiger partial charge in [0.15, 0.2) is 17.6 Å². The van der Waals surface area contributed by atoms with E-state index in [4.69, 9.17) is 5.10 Å². The predicted molar refractivity (Wildman–Crippen MR) is 99.2 cm³/mol. The Bertz CT molecular complexity index is 935. The number of hydrogen-bond acceptors (Lipinski definition) is 7. The summed E-state index contributed by atoms with van der Waals surface area (Å²) in [7, 11) is 1.29. The van der Waals surface area contributed by atoms with Gasteiger partial charge in [0.2, 0.25) is 0 Å². The van der Waals surface area contributed by atoms with E-state index in [0.29, 0.717) is 37.4 Å². The first-order valence-electron chi connectivity index (χ1n) is 8.96. The maximum atomic E-state index is 11.5. The van der Waals surface area contributed by atoms with Gasteiger partial charge in [0.1, 0.15) is 5.82 Å². The highest BCUT2D eigenvalue weighted by atomic mass is 16.5. The van der Waals surface area contributed by atoms with E-state index >= 15 is 0 Å². The molecule has 1 N–H and O–H groups in total. The normalized spacial score (nSPS) is 16.4. The molecule has 1 unspecified atom stereocenters. The standard InChI is InChI=1S/C19H21N5O3/c1-27-19(26)17(25)13-9-11-23(12-10-13)16-8-7-15-20-21-18(24(15)22-16)14-5-3-2-4-6-14/h2-8,13,17,25H,9-12H2,1H3. The lowest BCUT2D eigenvalue weighted by atomic mass is 9.91. The van der Waals surface area contributed by atoms with E-state index in [1.54, 1.807) is 4.52 Å². The predicted octanol–water partition coefficient (Wildman–Crippen LogP) is 1.54. The molecule has 0 saturated carbocycles. The molecule has 140 valence electrons. The molecule has 1 aromatic carbocycles. The number of carbonyl (C=O) groups is 1. The second-order valence-electron chi connectivity index (χ2n) is 6.64. The molecule has 2 aromatic heterocycles. The van der Waals surface area contributed by atoms with E-state index in [2.05, 4.69) is 19.8 Å². The van der Waals surface area contributed by atoms with Gasteiger partial charge in [0.05, 0.1) is 7.11 Å². The first-order chi connectivity index (χ1) is 13.2. The van der Waals surface area contributed by atoms with Crippen LogP contribution in [0.4, 0.5) is 5.82 Å². The third-order valence-corrected chi connectivity index (χ3v) is 5.03. The van der Waals surface area contributed by atoms with Crippen molar-refractivity contribution in [1.29, 1.82) is 0 Å². The Morgan fingerprint density at radius 1 is 1.15 bits per heavy atom. The summed E-state index contributed by atoms with van der Waals surface area (Å²) in [4.78, 5) is 13.7. The van der Waals surface area contributed by atoms with E-state index in [9.17, 15) is 9.90 Å². The molecule has 1 aliphatic heterocycles. The van der Waals surface area contributed by atoms with Gasteiger partial charge in [-0.25, -0.2) is 4.79 Å². The van der Waals surface area contributed by atoms with Crippen LogP contribution in [-0.2, 0) is 9.53 Å². The highest BCUT2D eigenvalue weighted by Gasteiger charge is 2.31. The number of piperidine rings is 1. The van der Waals surface area contributed by atoms with Gasteiger partial charge < -0.3 is 14.7 Å². The largest absolute Gasteiger partial charge is 0.467 e. The average molecular weight is 367 g/mol. The lowest BCUT2D eigenvalue weighted by Gasteiger charge is -2.33. The van der Waals surface area contributed by atoms with Crippen LogP contribution in [0, 0.1) is 5.92 Å². The van der Waals surface area contributed by atoms with Crippen LogP contribution in [0.3, 0.4) is 0 Å². The maximum absolute atomic E-state index is 11.5. The number of hydrogen-bond donors (Lipinski definition) is 1. The van der Waals surface area contributed by atoms with Crippen LogP contribution in [-0.4, -0.2) is 57.2 Å². The van der Waals surface area contributed by atoms with E-state index in [0.717, 1.165) is 11.4 Å². The lowest BCUT2D eigenvalue weighted by Crippen LogP contribution is -2.41. The Balaban J connectivity index is 1.54. The van der Waals surface area contributed by atoms with Gasteiger partial charge >= 0.3 is 5.97 Å². The van der Waals surface area contributed by atoms with Gasteiger partial charge in [0.25, 0.3) is 0 Å². The third kappa shape index (κ3) is 3.35. The maximum Gasteiger partial charge on any atom is 0.334 e. The fourth-order valence-electron chi connectivity index (χ4n) is 3.47. The molecule has 27 heavy (non-hydrogen) atoms. The van der Waals surface area contributed by atoms with Gasteiger partial charge in [0, 0.05) is 18.7 Å². The van der Waals surface area contributed by atoms with E-state index in [1.807, 2.05) is 42.5 Å². The number of methoxy groups -OCH3 is 1. The highest BCUT2D eigenvalue weighted by molar-refractivity contribution is 5.74. The van der Waals surface area contributed by atoms with Crippen LogP contribution in [0.15, 0.2) is 42.5 Å². The average Bonchev–Trinajstić information content (AvgIpc) is 3.16. The summed E-state index contributed by atoms with van der Waals surface area (Å²) in [5.74, 6) is 0.867. The van der Waals surface area contributed by atoms with Gasteiger partial charge in [-0.3, -0.25) is 0 Å². The molecular weight excluding hydrogens is 346 g/mol. The van der Waals surface area contributed by atoms with E-state index in [1.165, 1.54) is 7.11 Å². The third-order valence-electron chi connectivity index (χ3n) is 5.03. The summed E-state index contributed by atoms with van der Waals surface area (Å²) < 4.78 is 6.39. The quantitative estimate of drug-likeness (QED) is 0.699. The zero-order valence-electron chi connectivity index (χ0n) is 15.0. The van der Waals surface area contributed by atoms with Crippen molar-refractivity contribution in [2.75, 3.05) is 25.1 Å². The summed E-state index contributed by atoms with van der Waals surface area (Å²) in [6.07, 6.45) is 0.336. The summed E-state index contributed by atoms with van der Waals surface area (Å²) in [6, 6.07) is 13.6. The fourth-order valence-corrected chi connectivity index (χ4v) is 3.47. The Labute approximate surface area is 156 Å². The van der Waals surface area contributed by atoms with Crippen LogP contribution in [0.2, 0.25) is 0 Å². The van der Waals surface area contributed by atoms with Crippen LogP contribution in [0.25, 0.3) is 17.0 Å². The molecule has 3 heterocycles. The van der Waals surface area contributed by atoms with Crippen molar-refractivity contribution in [3.05, 3.63) is 42.5 Å². The molecule has 0 bridgehead atoms. The zero-order valence-corrected chi connectivity index (χ0v) is 15.0.